The lowest BCUT2D eigenvalue weighted by atomic mass is 10.1. The average Bonchev–Trinajstić information content (AvgIpc) is 2.99. The number of alkyl halides is 3. The molecule has 3 rings (SSSR count). The quantitative estimate of drug-likeness (QED) is 0.585. The first-order valence-corrected chi connectivity index (χ1v) is 7.63. The average molecular weight is 403 g/mol. The van der Waals surface area contributed by atoms with E-state index >= 15 is 0 Å². The standard InChI is InChI=1S/C17H8ClF5N2O2/c18-14-13(25-16(27-14)17(21,22)23)8-1-3-9(4-2-8)15(26)24-12-6-5-10(19)7-11(12)20/h1-7H,(H,24,26). The summed E-state index contributed by atoms with van der Waals surface area (Å²) in [6.07, 6.45) is -4.79. The van der Waals surface area contributed by atoms with E-state index in [0.717, 1.165) is 12.1 Å². The van der Waals surface area contributed by atoms with Crippen LogP contribution in [0.5, 0.6) is 0 Å². The van der Waals surface area contributed by atoms with Gasteiger partial charge >= 0.3 is 12.1 Å². The summed E-state index contributed by atoms with van der Waals surface area (Å²) in [6.45, 7) is 0. The lowest BCUT2D eigenvalue weighted by Crippen LogP contribution is -2.13. The molecule has 2 aromatic carbocycles. The molecule has 0 bridgehead atoms. The van der Waals surface area contributed by atoms with Gasteiger partial charge in [-0.3, -0.25) is 4.79 Å². The Balaban J connectivity index is 1.81. The van der Waals surface area contributed by atoms with E-state index in [1.807, 2.05) is 0 Å². The van der Waals surface area contributed by atoms with Gasteiger partial charge < -0.3 is 9.73 Å². The predicted molar refractivity (Wildman–Crippen MR) is 86.3 cm³/mol. The Bertz CT molecular complexity index is 1000. The van der Waals surface area contributed by atoms with E-state index in [1.165, 1.54) is 24.3 Å². The summed E-state index contributed by atoms with van der Waals surface area (Å²) in [5, 5.41) is 1.71. The normalized spacial score (nSPS) is 11.5. The molecule has 0 saturated heterocycles. The van der Waals surface area contributed by atoms with Crippen molar-refractivity contribution in [2.45, 2.75) is 6.18 Å². The molecule has 27 heavy (non-hydrogen) atoms. The van der Waals surface area contributed by atoms with Crippen molar-refractivity contribution in [1.82, 2.24) is 4.98 Å². The molecule has 0 aliphatic rings. The number of rotatable bonds is 3. The number of hydrogen-bond acceptors (Lipinski definition) is 3. The summed E-state index contributed by atoms with van der Waals surface area (Å²) < 4.78 is 68.7. The minimum atomic E-state index is -4.79. The number of benzene rings is 2. The molecule has 140 valence electrons. The fourth-order valence-corrected chi connectivity index (χ4v) is 2.39. The Morgan fingerprint density at radius 2 is 1.74 bits per heavy atom. The third-order valence-electron chi connectivity index (χ3n) is 3.43. The van der Waals surface area contributed by atoms with Gasteiger partial charge in [0, 0.05) is 17.2 Å². The van der Waals surface area contributed by atoms with Crippen LogP contribution in [0.3, 0.4) is 0 Å². The highest BCUT2D eigenvalue weighted by atomic mass is 35.5. The highest BCUT2D eigenvalue weighted by Gasteiger charge is 2.38. The molecule has 1 heterocycles. The van der Waals surface area contributed by atoms with Crippen LogP contribution >= 0.6 is 11.6 Å². The summed E-state index contributed by atoms with van der Waals surface area (Å²) in [5.41, 5.74) is -0.192. The topological polar surface area (TPSA) is 55.1 Å². The van der Waals surface area contributed by atoms with Crippen molar-refractivity contribution in [2.75, 3.05) is 5.32 Å². The van der Waals surface area contributed by atoms with Crippen LogP contribution in [0.15, 0.2) is 46.9 Å². The molecule has 0 fully saturated rings. The summed E-state index contributed by atoms with van der Waals surface area (Å²) in [5.74, 6) is -3.93. The van der Waals surface area contributed by atoms with Crippen molar-refractivity contribution in [3.63, 3.8) is 0 Å². The lowest BCUT2D eigenvalue weighted by molar-refractivity contribution is -0.157. The van der Waals surface area contributed by atoms with Gasteiger partial charge in [0.15, 0.2) is 0 Å². The minimum absolute atomic E-state index is 0.0816. The van der Waals surface area contributed by atoms with Gasteiger partial charge in [-0.05, 0) is 35.9 Å². The number of carbonyl (C=O) groups excluding carboxylic acids is 1. The first kappa shape index (κ1) is 18.8. The smallest absolute Gasteiger partial charge is 0.420 e. The summed E-state index contributed by atoms with van der Waals surface area (Å²) in [4.78, 5) is 15.4. The first-order chi connectivity index (χ1) is 12.6. The molecule has 1 N–H and O–H groups in total. The van der Waals surface area contributed by atoms with E-state index in [4.69, 9.17) is 11.6 Å². The molecule has 0 radical (unpaired) electrons. The Morgan fingerprint density at radius 3 is 2.30 bits per heavy atom. The van der Waals surface area contributed by atoms with Crippen LogP contribution in [0.2, 0.25) is 5.22 Å². The van der Waals surface area contributed by atoms with Crippen molar-refractivity contribution < 1.29 is 31.2 Å². The third kappa shape index (κ3) is 4.08. The van der Waals surface area contributed by atoms with Gasteiger partial charge in [-0.1, -0.05) is 12.1 Å². The number of carbonyl (C=O) groups is 1. The molecule has 3 aromatic rings. The summed E-state index contributed by atoms with van der Waals surface area (Å²) >= 11 is 5.64. The maximum absolute atomic E-state index is 13.6. The highest BCUT2D eigenvalue weighted by Crippen LogP contribution is 2.35. The van der Waals surface area contributed by atoms with Crippen LogP contribution in [0.25, 0.3) is 11.3 Å². The molecule has 0 saturated carbocycles. The van der Waals surface area contributed by atoms with Crippen LogP contribution in [-0.4, -0.2) is 10.9 Å². The van der Waals surface area contributed by atoms with E-state index in [2.05, 4.69) is 14.7 Å². The molecule has 1 aromatic heterocycles. The molecule has 4 nitrogen and oxygen atoms in total. The van der Waals surface area contributed by atoms with Crippen molar-refractivity contribution in [2.24, 2.45) is 0 Å². The third-order valence-corrected chi connectivity index (χ3v) is 3.68. The number of halogens is 6. The van der Waals surface area contributed by atoms with Crippen molar-refractivity contribution in [3.05, 3.63) is 70.8 Å². The molecule has 0 unspecified atom stereocenters. The Morgan fingerprint density at radius 1 is 1.07 bits per heavy atom. The number of nitrogens with zero attached hydrogens (tertiary/aromatic N) is 1. The predicted octanol–water partition coefficient (Wildman–Crippen LogP) is 5.54. The zero-order valence-electron chi connectivity index (χ0n) is 13.1. The van der Waals surface area contributed by atoms with Gasteiger partial charge in [-0.25, -0.2) is 13.8 Å². The molecule has 0 atom stereocenters. The number of anilines is 1. The van der Waals surface area contributed by atoms with E-state index in [0.29, 0.717) is 6.07 Å². The van der Waals surface area contributed by atoms with Gasteiger partial charge in [0.05, 0.1) is 5.69 Å². The van der Waals surface area contributed by atoms with Gasteiger partial charge in [0.2, 0.25) is 5.22 Å². The maximum Gasteiger partial charge on any atom is 0.469 e. The Kier molecular flexibility index (Phi) is 4.88. The Labute approximate surface area is 153 Å². The van der Waals surface area contributed by atoms with Crippen molar-refractivity contribution in [3.8, 4) is 11.3 Å². The number of hydrogen-bond donors (Lipinski definition) is 1. The van der Waals surface area contributed by atoms with E-state index < -0.39 is 34.8 Å². The minimum Gasteiger partial charge on any atom is -0.420 e. The van der Waals surface area contributed by atoms with Crippen LogP contribution in [0, 0.1) is 11.6 Å². The van der Waals surface area contributed by atoms with Crippen LogP contribution in [0.1, 0.15) is 16.2 Å². The van der Waals surface area contributed by atoms with Gasteiger partial charge in [-0.2, -0.15) is 13.2 Å². The molecular weight excluding hydrogens is 395 g/mol. The number of aromatic nitrogens is 1. The zero-order chi connectivity index (χ0) is 19.8. The molecular formula is C17H8ClF5N2O2. The van der Waals surface area contributed by atoms with E-state index in [1.54, 1.807) is 0 Å². The van der Waals surface area contributed by atoms with Crippen molar-refractivity contribution >= 4 is 23.2 Å². The van der Waals surface area contributed by atoms with Gasteiger partial charge in [-0.15, -0.1) is 0 Å². The van der Waals surface area contributed by atoms with E-state index in [9.17, 15) is 26.7 Å². The summed E-state index contributed by atoms with van der Waals surface area (Å²) in [6, 6.07) is 7.83. The highest BCUT2D eigenvalue weighted by molar-refractivity contribution is 6.31. The fraction of sp³-hybridized carbons (Fsp3) is 0.0588. The zero-order valence-corrected chi connectivity index (χ0v) is 13.8. The molecule has 0 spiro atoms. The lowest BCUT2D eigenvalue weighted by Gasteiger charge is -2.07. The second-order valence-corrected chi connectivity index (χ2v) is 5.64. The largest absolute Gasteiger partial charge is 0.469 e. The van der Waals surface area contributed by atoms with Crippen molar-refractivity contribution in [1.29, 1.82) is 0 Å². The number of oxazole rings is 1. The number of nitrogens with one attached hydrogen (secondary N) is 1. The van der Waals surface area contributed by atoms with Crippen LogP contribution < -0.4 is 5.32 Å². The van der Waals surface area contributed by atoms with Crippen LogP contribution in [-0.2, 0) is 6.18 Å². The second kappa shape index (κ2) is 6.99. The Hall–Kier alpha value is -2.94. The maximum atomic E-state index is 13.6. The molecule has 10 heteroatoms. The van der Waals surface area contributed by atoms with Gasteiger partial charge in [0.25, 0.3) is 5.91 Å². The van der Waals surface area contributed by atoms with Gasteiger partial charge in [0.1, 0.15) is 17.3 Å². The second-order valence-electron chi connectivity index (χ2n) is 5.29. The monoisotopic (exact) mass is 402 g/mol. The fourth-order valence-electron chi connectivity index (χ4n) is 2.17. The van der Waals surface area contributed by atoms with Crippen LogP contribution in [0.4, 0.5) is 27.6 Å². The number of amides is 1. The molecule has 1 amide bonds. The SMILES string of the molecule is O=C(Nc1ccc(F)cc1F)c1ccc(-c2nc(C(F)(F)F)oc2Cl)cc1. The first-order valence-electron chi connectivity index (χ1n) is 7.25. The van der Waals surface area contributed by atoms with E-state index in [-0.39, 0.29) is 22.5 Å². The molecule has 0 aliphatic carbocycles. The summed E-state index contributed by atoms with van der Waals surface area (Å²) in [7, 11) is 0. The molecule has 0 aliphatic heterocycles.